The molecule has 0 fully saturated rings. The third kappa shape index (κ3) is 2.05. The molecule has 0 saturated carbocycles. The Morgan fingerprint density at radius 1 is 1.39 bits per heavy atom. The van der Waals surface area contributed by atoms with E-state index in [-0.39, 0.29) is 5.78 Å². The van der Waals surface area contributed by atoms with Crippen LogP contribution in [0.2, 0.25) is 0 Å². The molecule has 0 aromatic carbocycles. The Balaban J connectivity index is 2.36. The smallest absolute Gasteiger partial charge is 0.166 e. The van der Waals surface area contributed by atoms with Crippen molar-refractivity contribution in [3.63, 3.8) is 0 Å². The first kappa shape index (κ1) is 12.5. The van der Waals surface area contributed by atoms with Crippen LogP contribution in [0.15, 0.2) is 6.33 Å². The molecule has 0 aliphatic rings. The molecule has 2 aromatic heterocycles. The van der Waals surface area contributed by atoms with E-state index in [9.17, 15) is 4.79 Å². The van der Waals surface area contributed by atoms with Crippen LogP contribution < -0.4 is 0 Å². The average Bonchev–Trinajstić information content (AvgIpc) is 2.85. The van der Waals surface area contributed by atoms with Gasteiger partial charge in [0, 0.05) is 19.2 Å². The second kappa shape index (κ2) is 4.72. The lowest BCUT2D eigenvalue weighted by Crippen LogP contribution is -2.10. The quantitative estimate of drug-likeness (QED) is 0.763. The normalized spacial score (nSPS) is 10.9. The molecule has 2 aromatic rings. The lowest BCUT2D eigenvalue weighted by atomic mass is 10.1. The fraction of sp³-hybridized carbons (Fsp3) is 0.500. The van der Waals surface area contributed by atoms with Crippen molar-refractivity contribution >= 4 is 5.78 Å². The third-order valence-electron chi connectivity index (χ3n) is 3.08. The van der Waals surface area contributed by atoms with E-state index in [4.69, 9.17) is 0 Å². The van der Waals surface area contributed by atoms with E-state index in [1.165, 1.54) is 6.33 Å². The molecule has 0 spiro atoms. The number of hydrogen-bond donors (Lipinski definition) is 0. The van der Waals surface area contributed by atoms with Crippen molar-refractivity contribution in [3.8, 4) is 0 Å². The molecule has 0 radical (unpaired) electrons. The molecule has 0 atom stereocenters. The largest absolute Gasteiger partial charge is 0.294 e. The van der Waals surface area contributed by atoms with Gasteiger partial charge in [-0.05, 0) is 13.8 Å². The van der Waals surface area contributed by atoms with Crippen LogP contribution >= 0.6 is 0 Å². The highest BCUT2D eigenvalue weighted by Gasteiger charge is 2.17. The average molecular weight is 247 g/mol. The summed E-state index contributed by atoms with van der Waals surface area (Å²) in [5.74, 6) is 0.949. The number of aromatic nitrogens is 5. The monoisotopic (exact) mass is 247 g/mol. The molecule has 0 unspecified atom stereocenters. The molecule has 0 aliphatic carbocycles. The summed E-state index contributed by atoms with van der Waals surface area (Å²) in [6.45, 7) is 6.17. The molecule has 96 valence electrons. The minimum atomic E-state index is 0.134. The molecule has 6 nitrogen and oxygen atoms in total. The van der Waals surface area contributed by atoms with E-state index in [2.05, 4.69) is 15.2 Å². The summed E-state index contributed by atoms with van der Waals surface area (Å²) in [7, 11) is 1.84. The van der Waals surface area contributed by atoms with Gasteiger partial charge in [-0.2, -0.15) is 10.2 Å². The van der Waals surface area contributed by atoms with Gasteiger partial charge < -0.3 is 0 Å². The maximum atomic E-state index is 11.9. The second-order valence-electron chi connectivity index (χ2n) is 4.28. The molecular formula is C12H17N5O. The van der Waals surface area contributed by atoms with Crippen LogP contribution in [0.1, 0.15) is 40.9 Å². The fourth-order valence-corrected chi connectivity index (χ4v) is 2.03. The van der Waals surface area contributed by atoms with Crippen LogP contribution in [-0.4, -0.2) is 30.3 Å². The molecule has 0 aliphatic heterocycles. The Morgan fingerprint density at radius 2 is 2.11 bits per heavy atom. The first-order valence-corrected chi connectivity index (χ1v) is 5.94. The van der Waals surface area contributed by atoms with Crippen molar-refractivity contribution < 1.29 is 4.79 Å². The number of aryl methyl sites for hydroxylation is 2. The summed E-state index contributed by atoms with van der Waals surface area (Å²) in [4.78, 5) is 16.0. The van der Waals surface area contributed by atoms with E-state index < -0.39 is 0 Å². The zero-order chi connectivity index (χ0) is 13.3. The molecule has 18 heavy (non-hydrogen) atoms. The van der Waals surface area contributed by atoms with Crippen LogP contribution in [0.5, 0.6) is 0 Å². The maximum absolute atomic E-state index is 11.9. The standard InChI is InChI=1S/C12H17N5O/c1-5-10(18)12-8(2)15-17(9(12)3)6-11-13-7-14-16(11)4/h7H,5-6H2,1-4H3. The van der Waals surface area contributed by atoms with Gasteiger partial charge in [-0.15, -0.1) is 0 Å². The van der Waals surface area contributed by atoms with Gasteiger partial charge in [0.1, 0.15) is 18.7 Å². The molecule has 0 bridgehead atoms. The summed E-state index contributed by atoms with van der Waals surface area (Å²) in [6.07, 6.45) is 2.01. The lowest BCUT2D eigenvalue weighted by molar-refractivity contribution is 0.0987. The molecule has 2 heterocycles. The number of carbonyl (C=O) groups is 1. The Bertz CT molecular complexity index is 581. The van der Waals surface area contributed by atoms with Crippen LogP contribution in [0, 0.1) is 13.8 Å². The van der Waals surface area contributed by atoms with Crippen LogP contribution in [0.4, 0.5) is 0 Å². The number of nitrogens with zero attached hydrogens (tertiary/aromatic N) is 5. The Morgan fingerprint density at radius 3 is 2.67 bits per heavy atom. The first-order valence-electron chi connectivity index (χ1n) is 5.94. The van der Waals surface area contributed by atoms with Crippen molar-refractivity contribution in [2.24, 2.45) is 7.05 Å². The maximum Gasteiger partial charge on any atom is 0.166 e. The SMILES string of the molecule is CCC(=O)c1c(C)nn(Cc2ncnn2C)c1C. The predicted octanol–water partition coefficient (Wildman–Crippen LogP) is 1.27. The lowest BCUT2D eigenvalue weighted by Gasteiger charge is -2.04. The van der Waals surface area contributed by atoms with Crippen molar-refractivity contribution in [2.75, 3.05) is 0 Å². The van der Waals surface area contributed by atoms with Gasteiger partial charge in [0.15, 0.2) is 5.78 Å². The van der Waals surface area contributed by atoms with Gasteiger partial charge in [0.05, 0.1) is 11.3 Å². The van der Waals surface area contributed by atoms with Crippen LogP contribution in [0.25, 0.3) is 0 Å². The zero-order valence-electron chi connectivity index (χ0n) is 11.1. The number of Topliss-reactive ketones (excluding diaryl/α,β-unsaturated/α-hetero) is 1. The van der Waals surface area contributed by atoms with Gasteiger partial charge >= 0.3 is 0 Å². The highest BCUT2D eigenvalue weighted by molar-refractivity contribution is 5.97. The zero-order valence-corrected chi connectivity index (χ0v) is 11.1. The summed E-state index contributed by atoms with van der Waals surface area (Å²) < 4.78 is 3.51. The molecule has 0 saturated heterocycles. The number of carbonyl (C=O) groups excluding carboxylic acids is 1. The van der Waals surface area contributed by atoms with E-state index in [0.717, 1.165) is 22.8 Å². The van der Waals surface area contributed by atoms with Crippen LogP contribution in [0.3, 0.4) is 0 Å². The Kier molecular flexibility index (Phi) is 3.27. The highest BCUT2D eigenvalue weighted by Crippen LogP contribution is 2.16. The van der Waals surface area contributed by atoms with Gasteiger partial charge in [-0.3, -0.25) is 14.2 Å². The van der Waals surface area contributed by atoms with E-state index in [1.54, 1.807) is 4.68 Å². The molecule has 2 rings (SSSR count). The third-order valence-corrected chi connectivity index (χ3v) is 3.08. The van der Waals surface area contributed by atoms with Gasteiger partial charge in [-0.1, -0.05) is 6.92 Å². The minimum Gasteiger partial charge on any atom is -0.294 e. The molecule has 0 amide bonds. The Labute approximate surface area is 106 Å². The number of rotatable bonds is 4. The second-order valence-corrected chi connectivity index (χ2v) is 4.28. The summed E-state index contributed by atoms with van der Waals surface area (Å²) in [5, 5.41) is 8.43. The summed E-state index contributed by atoms with van der Waals surface area (Å²) in [5.41, 5.74) is 2.41. The molecule has 6 heteroatoms. The van der Waals surface area contributed by atoms with Gasteiger partial charge in [-0.25, -0.2) is 4.98 Å². The molecule has 0 N–H and O–H groups in total. The summed E-state index contributed by atoms with van der Waals surface area (Å²) >= 11 is 0. The predicted molar refractivity (Wildman–Crippen MR) is 66.4 cm³/mol. The number of ketones is 1. The topological polar surface area (TPSA) is 65.6 Å². The van der Waals surface area contributed by atoms with Crippen molar-refractivity contribution in [2.45, 2.75) is 33.7 Å². The van der Waals surface area contributed by atoms with Gasteiger partial charge in [0.2, 0.25) is 0 Å². The van der Waals surface area contributed by atoms with Crippen molar-refractivity contribution in [1.29, 1.82) is 0 Å². The van der Waals surface area contributed by atoms with E-state index in [0.29, 0.717) is 13.0 Å². The summed E-state index contributed by atoms with van der Waals surface area (Å²) in [6, 6.07) is 0. The van der Waals surface area contributed by atoms with E-state index >= 15 is 0 Å². The highest BCUT2D eigenvalue weighted by atomic mass is 16.1. The molecular weight excluding hydrogens is 230 g/mol. The fourth-order valence-electron chi connectivity index (χ4n) is 2.03. The number of hydrogen-bond acceptors (Lipinski definition) is 4. The van der Waals surface area contributed by atoms with Gasteiger partial charge in [0.25, 0.3) is 0 Å². The van der Waals surface area contributed by atoms with Crippen molar-refractivity contribution in [1.82, 2.24) is 24.5 Å². The van der Waals surface area contributed by atoms with E-state index in [1.807, 2.05) is 32.5 Å². The first-order chi connectivity index (χ1) is 8.54. The minimum absolute atomic E-state index is 0.134. The Hall–Kier alpha value is -1.98. The van der Waals surface area contributed by atoms with Crippen molar-refractivity contribution in [3.05, 3.63) is 29.1 Å². The van der Waals surface area contributed by atoms with Crippen LogP contribution in [-0.2, 0) is 13.6 Å².